The first-order valence-electron chi connectivity index (χ1n) is 29.1. The zero-order chi connectivity index (χ0) is 56.4. The lowest BCUT2D eigenvalue weighted by molar-refractivity contribution is 0.436. The minimum absolute atomic E-state index is 0.617. The molecule has 6 aromatic heterocycles. The summed E-state index contributed by atoms with van der Waals surface area (Å²) in [5, 5.41) is 19.4. The molecule has 398 valence electrons. The zero-order valence-corrected chi connectivity index (χ0v) is 46.0. The molecule has 0 amide bonds. The second kappa shape index (κ2) is 17.4. The summed E-state index contributed by atoms with van der Waals surface area (Å²) >= 11 is 0. The molecule has 11 aromatic carbocycles. The largest absolute Gasteiger partial charge is 0.457 e. The first-order valence-corrected chi connectivity index (χ1v) is 29.1. The molecular formula is C78H45N7O. The Morgan fingerprint density at radius 3 is 1.34 bits per heavy atom. The number of nitriles is 1. The number of hydrogen-bond acceptors (Lipinski definition) is 4. The average Bonchev–Trinajstić information content (AvgIpc) is 1.52. The van der Waals surface area contributed by atoms with Gasteiger partial charge in [0.15, 0.2) is 0 Å². The van der Waals surface area contributed by atoms with E-state index < -0.39 is 5.41 Å². The number of fused-ring (bicyclic) bond motifs is 21. The minimum atomic E-state index is -0.932. The third kappa shape index (κ3) is 6.24. The molecule has 86 heavy (non-hydrogen) atoms. The van der Waals surface area contributed by atoms with Gasteiger partial charge in [-0.15, -0.1) is 0 Å². The molecule has 0 radical (unpaired) electrons. The third-order valence-corrected chi connectivity index (χ3v) is 18.5. The van der Waals surface area contributed by atoms with Gasteiger partial charge in [0.25, 0.3) is 0 Å². The van der Waals surface area contributed by atoms with Crippen LogP contribution in [0.1, 0.15) is 27.8 Å². The van der Waals surface area contributed by atoms with Crippen molar-refractivity contribution in [1.29, 1.82) is 5.26 Å². The van der Waals surface area contributed by atoms with Gasteiger partial charge in [-0.1, -0.05) is 133 Å². The summed E-state index contributed by atoms with van der Waals surface area (Å²) in [5.74, 6) is 1.52. The molecule has 1 atom stereocenters. The van der Waals surface area contributed by atoms with Gasteiger partial charge in [-0.25, -0.2) is 0 Å². The van der Waals surface area contributed by atoms with Gasteiger partial charge in [-0.05, 0) is 138 Å². The SMILES string of the molecule is N#Cc1ccc2c(c1)c1ccccc1n2-c1cnc2c(c1)C1(c3ccc(-n4c5ccccc5c5ccccc54)cc3Oc3ccc(-c4ccc5c(c4)c4ccccc4n5-c4ccc(-n5c6ccccc6c6ccccc65)cc4)cc31)c1cccnc1-2. The maximum Gasteiger partial charge on any atom is 0.134 e. The molecule has 0 bridgehead atoms. The fourth-order valence-electron chi connectivity index (χ4n) is 15.0. The lowest BCUT2D eigenvalue weighted by Crippen LogP contribution is -2.32. The van der Waals surface area contributed by atoms with Gasteiger partial charge in [-0.2, -0.15) is 5.26 Å². The van der Waals surface area contributed by atoms with Crippen LogP contribution in [0.3, 0.4) is 0 Å². The van der Waals surface area contributed by atoms with Gasteiger partial charge in [0, 0.05) is 89.1 Å². The van der Waals surface area contributed by atoms with Crippen LogP contribution in [-0.2, 0) is 5.41 Å². The number of benzene rings is 11. The van der Waals surface area contributed by atoms with Crippen molar-refractivity contribution >= 4 is 87.2 Å². The molecule has 7 heterocycles. The van der Waals surface area contributed by atoms with E-state index in [2.05, 4.69) is 273 Å². The molecule has 1 aliphatic carbocycles. The van der Waals surface area contributed by atoms with Crippen molar-refractivity contribution in [3.63, 3.8) is 0 Å². The van der Waals surface area contributed by atoms with E-state index >= 15 is 0 Å². The smallest absolute Gasteiger partial charge is 0.134 e. The van der Waals surface area contributed by atoms with Crippen molar-refractivity contribution in [2.24, 2.45) is 0 Å². The van der Waals surface area contributed by atoms with Crippen LogP contribution in [-0.4, -0.2) is 28.2 Å². The minimum Gasteiger partial charge on any atom is -0.457 e. The lowest BCUT2D eigenvalue weighted by atomic mass is 9.66. The van der Waals surface area contributed by atoms with Crippen LogP contribution < -0.4 is 4.74 Å². The Kier molecular flexibility index (Phi) is 9.45. The van der Waals surface area contributed by atoms with Crippen LogP contribution in [0.25, 0.3) is 132 Å². The van der Waals surface area contributed by atoms with Crippen molar-refractivity contribution < 1.29 is 4.74 Å². The highest BCUT2D eigenvalue weighted by Crippen LogP contribution is 2.62. The van der Waals surface area contributed by atoms with E-state index in [0.29, 0.717) is 5.56 Å². The number of pyridine rings is 2. The molecule has 0 N–H and O–H groups in total. The number of nitrogens with zero attached hydrogens (tertiary/aromatic N) is 7. The lowest BCUT2D eigenvalue weighted by Gasteiger charge is -2.39. The normalized spacial score (nSPS) is 14.2. The van der Waals surface area contributed by atoms with E-state index in [-0.39, 0.29) is 0 Å². The zero-order valence-electron chi connectivity index (χ0n) is 46.0. The topological polar surface area (TPSA) is 78.5 Å². The summed E-state index contributed by atoms with van der Waals surface area (Å²) in [5.41, 5.74) is 20.6. The molecule has 1 aliphatic heterocycles. The maximum absolute atomic E-state index is 10.1. The molecule has 8 nitrogen and oxygen atoms in total. The summed E-state index contributed by atoms with van der Waals surface area (Å²) in [6, 6.07) is 96.2. The molecule has 0 fully saturated rings. The molecule has 0 saturated carbocycles. The van der Waals surface area contributed by atoms with Crippen LogP contribution in [0, 0.1) is 11.3 Å². The highest BCUT2D eigenvalue weighted by Gasteiger charge is 2.53. The van der Waals surface area contributed by atoms with E-state index in [9.17, 15) is 5.26 Å². The first kappa shape index (κ1) is 46.8. The molecule has 19 rings (SSSR count). The number of rotatable bonds is 5. The summed E-state index contributed by atoms with van der Waals surface area (Å²) in [7, 11) is 0. The van der Waals surface area contributed by atoms with Crippen molar-refractivity contribution in [3.05, 3.63) is 301 Å². The van der Waals surface area contributed by atoms with Gasteiger partial charge >= 0.3 is 0 Å². The van der Waals surface area contributed by atoms with Crippen molar-refractivity contribution in [2.75, 3.05) is 0 Å². The standard InChI is InChI=1S/C78H45N7O/c79-45-47-27-36-72-60(40-47)58-18-5-12-26-71(58)85(72)53-43-65-77(81-46-53)76-63(20-13-39-80-76)78(65)62-35-34-52(84-68-23-9-3-16-56(68)57-17-4-10-24-69(57)84)44-75(62)86-74-38-29-49(42-64(74)78)48-28-37-73-61(41-48)59-19-6-11-25-70(59)83(73)51-32-30-50(31-33-51)82-66-21-7-1-14-54(66)55-15-2-8-22-67(55)82/h1-44,46H. The van der Waals surface area contributed by atoms with Crippen LogP contribution in [0.5, 0.6) is 11.5 Å². The van der Waals surface area contributed by atoms with Crippen LogP contribution >= 0.6 is 0 Å². The van der Waals surface area contributed by atoms with E-state index in [1.807, 2.05) is 24.5 Å². The second-order valence-corrected chi connectivity index (χ2v) is 22.8. The average molecular weight is 1100 g/mol. The highest BCUT2D eigenvalue weighted by molar-refractivity contribution is 6.13. The van der Waals surface area contributed by atoms with Gasteiger partial charge in [0.1, 0.15) is 11.5 Å². The van der Waals surface area contributed by atoms with Gasteiger partial charge in [-0.3, -0.25) is 9.97 Å². The number of hydrogen-bond donors (Lipinski definition) is 0. The summed E-state index contributed by atoms with van der Waals surface area (Å²) in [4.78, 5) is 10.7. The van der Waals surface area contributed by atoms with Crippen LogP contribution in [0.15, 0.2) is 273 Å². The highest BCUT2D eigenvalue weighted by atomic mass is 16.5. The Labute approximate surface area is 492 Å². The van der Waals surface area contributed by atoms with Crippen LogP contribution in [0.2, 0.25) is 0 Å². The number of ether oxygens (including phenoxy) is 1. The predicted molar refractivity (Wildman–Crippen MR) is 347 cm³/mol. The Balaban J connectivity index is 0.814. The Morgan fingerprint density at radius 2 is 0.767 bits per heavy atom. The molecule has 0 saturated heterocycles. The molecule has 1 spiro atoms. The molecule has 1 unspecified atom stereocenters. The summed E-state index contributed by atoms with van der Waals surface area (Å²) < 4.78 is 16.8. The predicted octanol–water partition coefficient (Wildman–Crippen LogP) is 18.9. The fraction of sp³-hybridized carbons (Fsp3) is 0.0128. The van der Waals surface area contributed by atoms with E-state index in [1.165, 1.54) is 43.4 Å². The molecule has 2 aliphatic rings. The summed E-state index contributed by atoms with van der Waals surface area (Å²) in [6.45, 7) is 0. The summed E-state index contributed by atoms with van der Waals surface area (Å²) in [6.07, 6.45) is 3.86. The molecule has 8 heteroatoms. The molecular weight excluding hydrogens is 1050 g/mol. The van der Waals surface area contributed by atoms with Crippen molar-refractivity contribution in [2.45, 2.75) is 5.41 Å². The second-order valence-electron chi connectivity index (χ2n) is 22.8. The fourth-order valence-corrected chi connectivity index (χ4v) is 15.0. The van der Waals surface area contributed by atoms with Gasteiger partial charge in [0.05, 0.1) is 84.5 Å². The maximum atomic E-state index is 10.1. The first-order chi connectivity index (χ1) is 42.6. The number of para-hydroxylation sites is 6. The Bertz CT molecular complexity index is 5740. The Hall–Kier alpha value is -11.8. The van der Waals surface area contributed by atoms with E-state index in [0.717, 1.165) is 123 Å². The van der Waals surface area contributed by atoms with E-state index in [4.69, 9.17) is 14.7 Å². The van der Waals surface area contributed by atoms with Gasteiger partial charge < -0.3 is 23.0 Å². The van der Waals surface area contributed by atoms with Crippen molar-refractivity contribution in [1.82, 2.24) is 28.2 Å². The monoisotopic (exact) mass is 1100 g/mol. The van der Waals surface area contributed by atoms with Crippen LogP contribution in [0.4, 0.5) is 0 Å². The Morgan fingerprint density at radius 1 is 0.314 bits per heavy atom. The molecule has 17 aromatic rings. The van der Waals surface area contributed by atoms with Crippen molar-refractivity contribution in [3.8, 4) is 62.8 Å². The number of aromatic nitrogens is 6. The van der Waals surface area contributed by atoms with Gasteiger partial charge in [0.2, 0.25) is 0 Å². The van der Waals surface area contributed by atoms with E-state index in [1.54, 1.807) is 0 Å². The quantitative estimate of drug-likeness (QED) is 0.172. The third-order valence-electron chi connectivity index (χ3n) is 18.5.